The first-order chi connectivity index (χ1) is 11.5. The van der Waals surface area contributed by atoms with E-state index < -0.39 is 10.0 Å². The molecule has 1 fully saturated rings. The van der Waals surface area contributed by atoms with E-state index in [0.29, 0.717) is 24.4 Å². The smallest absolute Gasteiger partial charge is 0.240 e. The SMILES string of the molecule is CC(=O)N1CCc2cc(S(=O)(=O)NCCCC3CCCC3)ccc21. The number of rotatable bonds is 6. The number of amides is 1. The molecule has 0 spiro atoms. The van der Waals surface area contributed by atoms with Gasteiger partial charge in [0, 0.05) is 25.7 Å². The van der Waals surface area contributed by atoms with Crippen molar-refractivity contribution in [2.45, 2.75) is 56.8 Å². The molecule has 1 aliphatic heterocycles. The average Bonchev–Trinajstić information content (AvgIpc) is 3.20. The standard InChI is InChI=1S/C18H26N2O3S/c1-14(21)20-12-10-16-13-17(8-9-18(16)20)24(22,23)19-11-4-7-15-5-2-3-6-15/h8-9,13,15,19H,2-7,10-12H2,1H3. The molecule has 132 valence electrons. The Labute approximate surface area is 144 Å². The zero-order chi connectivity index (χ0) is 17.2. The highest BCUT2D eigenvalue weighted by Gasteiger charge is 2.24. The third-order valence-electron chi connectivity index (χ3n) is 5.19. The highest BCUT2D eigenvalue weighted by Crippen LogP contribution is 2.30. The summed E-state index contributed by atoms with van der Waals surface area (Å²) in [5, 5.41) is 0. The van der Waals surface area contributed by atoms with Gasteiger partial charge in [-0.05, 0) is 48.9 Å². The Hall–Kier alpha value is -1.40. The van der Waals surface area contributed by atoms with Crippen LogP contribution < -0.4 is 9.62 Å². The van der Waals surface area contributed by atoms with Crippen LogP contribution in [0, 0.1) is 5.92 Å². The number of anilines is 1. The molecular formula is C18H26N2O3S. The second-order valence-electron chi connectivity index (χ2n) is 6.90. The van der Waals surface area contributed by atoms with Crippen molar-refractivity contribution < 1.29 is 13.2 Å². The van der Waals surface area contributed by atoms with Crippen LogP contribution >= 0.6 is 0 Å². The number of nitrogens with zero attached hydrogens (tertiary/aromatic N) is 1. The largest absolute Gasteiger partial charge is 0.312 e. The summed E-state index contributed by atoms with van der Waals surface area (Å²) in [6.07, 6.45) is 7.95. The predicted molar refractivity (Wildman–Crippen MR) is 94.6 cm³/mol. The van der Waals surface area contributed by atoms with E-state index in [0.717, 1.165) is 30.0 Å². The van der Waals surface area contributed by atoms with E-state index in [-0.39, 0.29) is 5.91 Å². The Balaban J connectivity index is 1.59. The molecule has 1 aromatic carbocycles. The minimum absolute atomic E-state index is 0.00519. The number of carbonyl (C=O) groups is 1. The Morgan fingerprint density at radius 3 is 2.75 bits per heavy atom. The zero-order valence-corrected chi connectivity index (χ0v) is 15.1. The number of carbonyl (C=O) groups excluding carboxylic acids is 1. The molecule has 0 aromatic heterocycles. The summed E-state index contributed by atoms with van der Waals surface area (Å²) in [6, 6.07) is 5.05. The maximum atomic E-state index is 12.5. The van der Waals surface area contributed by atoms with E-state index in [2.05, 4.69) is 4.72 Å². The van der Waals surface area contributed by atoms with Gasteiger partial charge in [-0.3, -0.25) is 4.79 Å². The van der Waals surface area contributed by atoms with Gasteiger partial charge in [-0.15, -0.1) is 0 Å². The second-order valence-corrected chi connectivity index (χ2v) is 8.67. The molecule has 0 bridgehead atoms. The van der Waals surface area contributed by atoms with Gasteiger partial charge in [0.15, 0.2) is 0 Å². The zero-order valence-electron chi connectivity index (χ0n) is 14.3. The first kappa shape index (κ1) is 17.4. The Morgan fingerprint density at radius 2 is 2.04 bits per heavy atom. The molecule has 0 radical (unpaired) electrons. The second kappa shape index (κ2) is 7.23. The molecule has 0 atom stereocenters. The van der Waals surface area contributed by atoms with Crippen molar-refractivity contribution in [1.29, 1.82) is 0 Å². The van der Waals surface area contributed by atoms with Crippen LogP contribution in [-0.2, 0) is 21.2 Å². The summed E-state index contributed by atoms with van der Waals surface area (Å²) in [5.74, 6) is 0.779. The molecule has 1 N–H and O–H groups in total. The molecule has 0 unspecified atom stereocenters. The van der Waals surface area contributed by atoms with Gasteiger partial charge in [-0.1, -0.05) is 25.7 Å². The summed E-state index contributed by atoms with van der Waals surface area (Å²) in [6.45, 7) is 2.66. The van der Waals surface area contributed by atoms with Crippen LogP contribution in [0.15, 0.2) is 23.1 Å². The molecule has 0 saturated heterocycles. The van der Waals surface area contributed by atoms with Crippen LogP contribution in [0.3, 0.4) is 0 Å². The number of benzene rings is 1. The van der Waals surface area contributed by atoms with Crippen molar-refractivity contribution in [3.63, 3.8) is 0 Å². The van der Waals surface area contributed by atoms with Crippen LogP contribution in [0.1, 0.15) is 51.0 Å². The van der Waals surface area contributed by atoms with E-state index in [4.69, 9.17) is 0 Å². The van der Waals surface area contributed by atoms with E-state index in [1.54, 1.807) is 23.1 Å². The van der Waals surface area contributed by atoms with Gasteiger partial charge in [0.25, 0.3) is 0 Å². The van der Waals surface area contributed by atoms with E-state index in [1.807, 2.05) is 0 Å². The maximum absolute atomic E-state index is 12.5. The van der Waals surface area contributed by atoms with E-state index in [1.165, 1.54) is 32.6 Å². The van der Waals surface area contributed by atoms with Crippen molar-refractivity contribution in [3.05, 3.63) is 23.8 Å². The number of nitrogens with one attached hydrogen (secondary N) is 1. The fourth-order valence-electron chi connectivity index (χ4n) is 3.85. The monoisotopic (exact) mass is 350 g/mol. The number of hydrogen-bond acceptors (Lipinski definition) is 3. The minimum Gasteiger partial charge on any atom is -0.312 e. The third kappa shape index (κ3) is 3.81. The lowest BCUT2D eigenvalue weighted by Crippen LogP contribution is -2.26. The van der Waals surface area contributed by atoms with Gasteiger partial charge in [-0.2, -0.15) is 0 Å². The highest BCUT2D eigenvalue weighted by molar-refractivity contribution is 7.89. The van der Waals surface area contributed by atoms with Gasteiger partial charge < -0.3 is 4.90 Å². The maximum Gasteiger partial charge on any atom is 0.240 e. The molecule has 3 rings (SSSR count). The summed E-state index contributed by atoms with van der Waals surface area (Å²) in [5.41, 5.74) is 1.77. The molecule has 1 heterocycles. The van der Waals surface area contributed by atoms with Crippen LogP contribution in [0.5, 0.6) is 0 Å². The first-order valence-electron chi connectivity index (χ1n) is 8.88. The lowest BCUT2D eigenvalue weighted by atomic mass is 10.0. The topological polar surface area (TPSA) is 66.5 Å². The first-order valence-corrected chi connectivity index (χ1v) is 10.4. The summed E-state index contributed by atoms with van der Waals surface area (Å²) in [4.78, 5) is 13.6. The van der Waals surface area contributed by atoms with Gasteiger partial charge >= 0.3 is 0 Å². The van der Waals surface area contributed by atoms with E-state index in [9.17, 15) is 13.2 Å². The van der Waals surface area contributed by atoms with Gasteiger partial charge in [-0.25, -0.2) is 13.1 Å². The summed E-state index contributed by atoms with van der Waals surface area (Å²) < 4.78 is 27.6. The molecule has 1 saturated carbocycles. The summed E-state index contributed by atoms with van der Waals surface area (Å²) >= 11 is 0. The number of sulfonamides is 1. The summed E-state index contributed by atoms with van der Waals surface area (Å²) in [7, 11) is -3.47. The van der Waals surface area contributed by atoms with Gasteiger partial charge in [0.1, 0.15) is 0 Å². The normalized spacial score (nSPS) is 18.1. The lowest BCUT2D eigenvalue weighted by molar-refractivity contribution is -0.116. The molecule has 1 aliphatic carbocycles. The quantitative estimate of drug-likeness (QED) is 0.802. The van der Waals surface area contributed by atoms with Crippen LogP contribution in [0.4, 0.5) is 5.69 Å². The van der Waals surface area contributed by atoms with Gasteiger partial charge in [0.2, 0.25) is 15.9 Å². The van der Waals surface area contributed by atoms with Crippen LogP contribution in [0.2, 0.25) is 0 Å². The fraction of sp³-hybridized carbons (Fsp3) is 0.611. The van der Waals surface area contributed by atoms with Crippen molar-refractivity contribution >= 4 is 21.6 Å². The van der Waals surface area contributed by atoms with Crippen molar-refractivity contribution in [2.24, 2.45) is 5.92 Å². The van der Waals surface area contributed by atoms with E-state index >= 15 is 0 Å². The average molecular weight is 350 g/mol. The minimum atomic E-state index is -3.47. The van der Waals surface area contributed by atoms with Crippen molar-refractivity contribution in [2.75, 3.05) is 18.0 Å². The molecule has 5 nitrogen and oxygen atoms in total. The van der Waals surface area contributed by atoms with Crippen molar-refractivity contribution in [1.82, 2.24) is 4.72 Å². The number of hydrogen-bond donors (Lipinski definition) is 1. The molecule has 6 heteroatoms. The predicted octanol–water partition coefficient (Wildman–Crippen LogP) is 2.84. The number of fused-ring (bicyclic) bond motifs is 1. The molecule has 1 amide bonds. The molecule has 24 heavy (non-hydrogen) atoms. The van der Waals surface area contributed by atoms with Crippen LogP contribution in [0.25, 0.3) is 0 Å². The highest BCUT2D eigenvalue weighted by atomic mass is 32.2. The Kier molecular flexibility index (Phi) is 5.25. The lowest BCUT2D eigenvalue weighted by Gasteiger charge is -2.15. The van der Waals surface area contributed by atoms with Crippen molar-refractivity contribution in [3.8, 4) is 0 Å². The molecule has 2 aliphatic rings. The molecular weight excluding hydrogens is 324 g/mol. The Morgan fingerprint density at radius 1 is 1.29 bits per heavy atom. The Bertz CT molecular complexity index is 709. The molecule has 1 aromatic rings. The third-order valence-corrected chi connectivity index (χ3v) is 6.65. The fourth-order valence-corrected chi connectivity index (χ4v) is 4.98. The van der Waals surface area contributed by atoms with Crippen LogP contribution in [-0.4, -0.2) is 27.4 Å². The van der Waals surface area contributed by atoms with Gasteiger partial charge in [0.05, 0.1) is 4.90 Å².